The van der Waals surface area contributed by atoms with Crippen LogP contribution >= 0.6 is 11.6 Å². The summed E-state index contributed by atoms with van der Waals surface area (Å²) in [7, 11) is 1.84. The van der Waals surface area contributed by atoms with Gasteiger partial charge in [0.05, 0.1) is 0 Å². The number of ether oxygens (including phenoxy) is 1. The summed E-state index contributed by atoms with van der Waals surface area (Å²) in [6.45, 7) is 2.02. The molecule has 1 N–H and O–H groups in total. The second kappa shape index (κ2) is 6.30. The van der Waals surface area contributed by atoms with Crippen molar-refractivity contribution in [2.75, 3.05) is 7.05 Å². The van der Waals surface area contributed by atoms with Crippen LogP contribution in [-0.2, 0) is 0 Å². The molecule has 0 heterocycles. The highest BCUT2D eigenvalue weighted by Crippen LogP contribution is 2.21. The molecule has 0 aliphatic heterocycles. The highest BCUT2D eigenvalue weighted by atomic mass is 35.5. The molecule has 0 saturated heterocycles. The summed E-state index contributed by atoms with van der Waals surface area (Å²) in [6, 6.07) is 17.4. The molecule has 2 aromatic rings. The Kier molecular flexibility index (Phi) is 4.48. The van der Waals surface area contributed by atoms with Gasteiger partial charge in [-0.1, -0.05) is 41.9 Å². The molecule has 98 valence electrons. The number of nitrogens with one attached hydrogen (secondary N) is 1. The van der Waals surface area contributed by atoms with E-state index in [1.165, 1.54) is 0 Å². The van der Waals surface area contributed by atoms with Gasteiger partial charge in [-0.25, -0.2) is 0 Å². The zero-order valence-electron chi connectivity index (χ0n) is 11.0. The molecule has 0 fully saturated rings. The number of benzene rings is 2. The highest BCUT2D eigenvalue weighted by Gasteiger charge is 2.06. The maximum atomic E-state index is 5.86. The topological polar surface area (TPSA) is 21.3 Å². The Bertz CT molecular complexity index is 561. The van der Waals surface area contributed by atoms with Gasteiger partial charge in [-0.15, -0.1) is 0 Å². The fraction of sp³-hybridized carbons (Fsp3) is 0.125. The first-order valence-electron chi connectivity index (χ1n) is 6.08. The van der Waals surface area contributed by atoms with Gasteiger partial charge in [-0.05, 0) is 36.8 Å². The Morgan fingerprint density at radius 2 is 1.63 bits per heavy atom. The second-order valence-corrected chi connectivity index (χ2v) is 4.56. The van der Waals surface area contributed by atoms with Gasteiger partial charge in [0.1, 0.15) is 5.75 Å². The van der Waals surface area contributed by atoms with Crippen molar-refractivity contribution in [3.63, 3.8) is 0 Å². The molecule has 19 heavy (non-hydrogen) atoms. The molecule has 3 heteroatoms. The summed E-state index contributed by atoms with van der Waals surface area (Å²) in [4.78, 5) is 0. The highest BCUT2D eigenvalue weighted by molar-refractivity contribution is 6.30. The largest absolute Gasteiger partial charge is 0.441 e. The summed E-state index contributed by atoms with van der Waals surface area (Å²) < 4.78 is 5.84. The standard InChI is InChI=1S/C16H16ClNO/c1-12(13-6-4-3-5-7-13)16(18-2)19-15-10-8-14(17)9-11-15/h3-11,18H,1-2H3. The van der Waals surface area contributed by atoms with Crippen LogP contribution in [0.2, 0.25) is 5.02 Å². The lowest BCUT2D eigenvalue weighted by molar-refractivity contribution is 0.394. The van der Waals surface area contributed by atoms with Crippen molar-refractivity contribution in [3.8, 4) is 5.75 Å². The molecule has 2 aromatic carbocycles. The van der Waals surface area contributed by atoms with Crippen molar-refractivity contribution < 1.29 is 4.74 Å². The molecular formula is C16H16ClNO. The maximum Gasteiger partial charge on any atom is 0.196 e. The lowest BCUT2D eigenvalue weighted by Gasteiger charge is -2.13. The SMILES string of the molecule is CNC(Oc1ccc(Cl)cc1)=C(C)c1ccccc1. The lowest BCUT2D eigenvalue weighted by atomic mass is 10.1. The number of hydrogen-bond donors (Lipinski definition) is 1. The van der Waals surface area contributed by atoms with Crippen molar-refractivity contribution in [2.24, 2.45) is 0 Å². The molecule has 0 radical (unpaired) electrons. The van der Waals surface area contributed by atoms with Crippen LogP contribution in [0.15, 0.2) is 60.5 Å². The molecule has 0 aliphatic rings. The van der Waals surface area contributed by atoms with Crippen LogP contribution in [-0.4, -0.2) is 7.05 Å². The molecule has 0 atom stereocenters. The normalized spacial score (nSPS) is 11.7. The van der Waals surface area contributed by atoms with Gasteiger partial charge in [0.25, 0.3) is 0 Å². The Labute approximate surface area is 118 Å². The molecule has 0 aliphatic carbocycles. The number of rotatable bonds is 4. The predicted octanol–water partition coefficient (Wildman–Crippen LogP) is 4.33. The quantitative estimate of drug-likeness (QED) is 0.838. The summed E-state index contributed by atoms with van der Waals surface area (Å²) in [5.41, 5.74) is 2.18. The van der Waals surface area contributed by atoms with Crippen LogP contribution in [0.3, 0.4) is 0 Å². The fourth-order valence-electron chi connectivity index (χ4n) is 1.75. The van der Waals surface area contributed by atoms with Gasteiger partial charge >= 0.3 is 0 Å². The van der Waals surface area contributed by atoms with E-state index >= 15 is 0 Å². The van der Waals surface area contributed by atoms with E-state index in [0.717, 1.165) is 22.8 Å². The molecule has 0 unspecified atom stereocenters. The van der Waals surface area contributed by atoms with Crippen LogP contribution in [0, 0.1) is 0 Å². The van der Waals surface area contributed by atoms with Crippen LogP contribution in [0.5, 0.6) is 5.75 Å². The summed E-state index contributed by atoms with van der Waals surface area (Å²) in [6.07, 6.45) is 0. The van der Waals surface area contributed by atoms with Crippen LogP contribution in [0.4, 0.5) is 0 Å². The third kappa shape index (κ3) is 3.52. The smallest absolute Gasteiger partial charge is 0.196 e. The average molecular weight is 274 g/mol. The van der Waals surface area contributed by atoms with Crippen molar-refractivity contribution >= 4 is 17.2 Å². The summed E-state index contributed by atoms with van der Waals surface area (Å²) in [5.74, 6) is 1.48. The Hall–Kier alpha value is -1.93. The van der Waals surface area contributed by atoms with E-state index in [1.54, 1.807) is 0 Å². The van der Waals surface area contributed by atoms with E-state index in [0.29, 0.717) is 5.02 Å². The van der Waals surface area contributed by atoms with E-state index in [-0.39, 0.29) is 0 Å². The van der Waals surface area contributed by atoms with Gasteiger partial charge in [0.2, 0.25) is 0 Å². The molecule has 0 amide bonds. The maximum absolute atomic E-state index is 5.86. The minimum absolute atomic E-state index is 0.696. The number of halogens is 1. The van der Waals surface area contributed by atoms with Gasteiger partial charge in [0.15, 0.2) is 5.88 Å². The van der Waals surface area contributed by atoms with Crippen molar-refractivity contribution in [1.82, 2.24) is 5.32 Å². The second-order valence-electron chi connectivity index (χ2n) is 4.13. The van der Waals surface area contributed by atoms with E-state index < -0.39 is 0 Å². The zero-order valence-corrected chi connectivity index (χ0v) is 11.7. The Morgan fingerprint density at radius 3 is 2.21 bits per heavy atom. The number of hydrogen-bond acceptors (Lipinski definition) is 2. The van der Waals surface area contributed by atoms with Gasteiger partial charge in [-0.3, -0.25) is 0 Å². The Morgan fingerprint density at radius 1 is 1.00 bits per heavy atom. The zero-order chi connectivity index (χ0) is 13.7. The van der Waals surface area contributed by atoms with E-state index in [9.17, 15) is 0 Å². The van der Waals surface area contributed by atoms with Crippen LogP contribution < -0.4 is 10.1 Å². The van der Waals surface area contributed by atoms with Gasteiger partial charge in [0, 0.05) is 17.6 Å². The van der Waals surface area contributed by atoms with E-state index in [4.69, 9.17) is 16.3 Å². The van der Waals surface area contributed by atoms with Gasteiger partial charge in [-0.2, -0.15) is 0 Å². The fourth-order valence-corrected chi connectivity index (χ4v) is 1.88. The molecule has 0 saturated carbocycles. The van der Waals surface area contributed by atoms with Crippen molar-refractivity contribution in [1.29, 1.82) is 0 Å². The first-order valence-corrected chi connectivity index (χ1v) is 6.46. The molecular weight excluding hydrogens is 258 g/mol. The van der Waals surface area contributed by atoms with Crippen LogP contribution in [0.25, 0.3) is 5.57 Å². The predicted molar refractivity (Wildman–Crippen MR) is 80.2 cm³/mol. The van der Waals surface area contributed by atoms with Crippen molar-refractivity contribution in [2.45, 2.75) is 6.92 Å². The minimum atomic E-state index is 0.696. The first-order chi connectivity index (χ1) is 9.20. The third-order valence-corrected chi connectivity index (χ3v) is 3.06. The first kappa shape index (κ1) is 13.5. The van der Waals surface area contributed by atoms with E-state index in [2.05, 4.69) is 17.4 Å². The van der Waals surface area contributed by atoms with Gasteiger partial charge < -0.3 is 10.1 Å². The summed E-state index contributed by atoms with van der Waals surface area (Å²) >= 11 is 5.86. The summed E-state index contributed by atoms with van der Waals surface area (Å²) in [5, 5.41) is 3.78. The monoisotopic (exact) mass is 273 g/mol. The lowest BCUT2D eigenvalue weighted by Crippen LogP contribution is -2.14. The molecule has 0 spiro atoms. The molecule has 0 bridgehead atoms. The number of allylic oxidation sites excluding steroid dienone is 1. The molecule has 0 aromatic heterocycles. The minimum Gasteiger partial charge on any atom is -0.441 e. The average Bonchev–Trinajstić information content (AvgIpc) is 2.47. The molecule has 2 rings (SSSR count). The molecule has 2 nitrogen and oxygen atoms in total. The van der Waals surface area contributed by atoms with Crippen LogP contribution in [0.1, 0.15) is 12.5 Å². The third-order valence-electron chi connectivity index (χ3n) is 2.81. The Balaban J connectivity index is 2.26. The van der Waals surface area contributed by atoms with E-state index in [1.807, 2.05) is 56.4 Å². The van der Waals surface area contributed by atoms with Crippen molar-refractivity contribution in [3.05, 3.63) is 71.1 Å².